The van der Waals surface area contributed by atoms with Crippen LogP contribution in [-0.4, -0.2) is 51.0 Å². The number of allylic oxidation sites excluding steroid dienone is 7. The molecule has 4 unspecified atom stereocenters. The first kappa shape index (κ1) is 27.5. The number of imide groups is 1. The molecule has 2 amide bonds. The number of fused-ring (bicyclic) bond motifs is 3. The Bertz CT molecular complexity index is 1430. The zero-order valence-electron chi connectivity index (χ0n) is 22.5. The van der Waals surface area contributed by atoms with Crippen LogP contribution in [0.4, 0.5) is 0 Å². The number of hydrogen-bond donors (Lipinski definition) is 2. The minimum Gasteiger partial charge on any atom is -0.507 e. The van der Waals surface area contributed by atoms with Gasteiger partial charge in [-0.2, -0.15) is 0 Å². The Kier molecular flexibility index (Phi) is 7.45. The standard InChI is InChI=1S/C32H33NO7/c1-3-8-18-9-7-10-20(30(18)38)26-19-12-13-21-27(22(19)16-23-24(34)15-17(2)29(37)28(23)26)32(40)33(31(21)39)14-6-4-5-11-25(35)36/h3,7,9-10,12,15,21-22,26-27,38H,1,4-6,8,11,13-14,16H2,2H3,(H,35,36). The number of phenols is 1. The van der Waals surface area contributed by atoms with Gasteiger partial charge in [0.1, 0.15) is 5.75 Å². The van der Waals surface area contributed by atoms with Crippen LogP contribution in [0.5, 0.6) is 5.75 Å². The van der Waals surface area contributed by atoms with Gasteiger partial charge in [-0.15, -0.1) is 6.58 Å². The number of hydrogen-bond acceptors (Lipinski definition) is 6. The number of ketones is 2. The molecule has 0 saturated carbocycles. The van der Waals surface area contributed by atoms with E-state index in [0.29, 0.717) is 60.0 Å². The predicted molar refractivity (Wildman–Crippen MR) is 146 cm³/mol. The molecule has 1 aromatic carbocycles. The highest BCUT2D eigenvalue weighted by molar-refractivity contribution is 6.24. The number of carboxylic acids is 1. The normalized spacial score (nSPS) is 25.8. The van der Waals surface area contributed by atoms with Crippen molar-refractivity contribution < 1.29 is 34.2 Å². The Hall–Kier alpha value is -4.07. The summed E-state index contributed by atoms with van der Waals surface area (Å²) in [6, 6.07) is 5.34. The second-order valence-electron chi connectivity index (χ2n) is 11.1. The predicted octanol–water partition coefficient (Wildman–Crippen LogP) is 4.20. The quantitative estimate of drug-likeness (QED) is 0.207. The highest BCUT2D eigenvalue weighted by Gasteiger charge is 2.56. The number of rotatable bonds is 9. The fourth-order valence-electron chi connectivity index (χ4n) is 6.89. The van der Waals surface area contributed by atoms with Crippen LogP contribution in [0.15, 0.2) is 65.3 Å². The highest BCUT2D eigenvalue weighted by Crippen LogP contribution is 2.56. The smallest absolute Gasteiger partial charge is 0.303 e. The summed E-state index contributed by atoms with van der Waals surface area (Å²) in [6.45, 7) is 5.60. The number of carbonyl (C=O) groups is 5. The molecule has 3 aliphatic carbocycles. The fraction of sp³-hybridized carbons (Fsp3) is 0.406. The van der Waals surface area contributed by atoms with Crippen molar-refractivity contribution in [3.63, 3.8) is 0 Å². The molecule has 2 N–H and O–H groups in total. The molecular formula is C32H33NO7. The summed E-state index contributed by atoms with van der Waals surface area (Å²) >= 11 is 0. The Morgan fingerprint density at radius 3 is 2.60 bits per heavy atom. The lowest BCUT2D eigenvalue weighted by atomic mass is 9.59. The van der Waals surface area contributed by atoms with E-state index in [1.54, 1.807) is 31.2 Å². The second-order valence-corrected chi connectivity index (χ2v) is 11.1. The van der Waals surface area contributed by atoms with E-state index in [2.05, 4.69) is 6.58 Å². The van der Waals surface area contributed by atoms with Crippen LogP contribution in [0.3, 0.4) is 0 Å². The van der Waals surface area contributed by atoms with Gasteiger partial charge >= 0.3 is 5.97 Å². The number of nitrogens with zero attached hydrogens (tertiary/aromatic N) is 1. The third-order valence-corrected chi connectivity index (χ3v) is 8.75. The highest BCUT2D eigenvalue weighted by atomic mass is 16.4. The van der Waals surface area contributed by atoms with E-state index in [9.17, 15) is 29.1 Å². The molecule has 0 aromatic heterocycles. The molecule has 8 nitrogen and oxygen atoms in total. The van der Waals surface area contributed by atoms with Gasteiger partial charge in [-0.25, -0.2) is 0 Å². The van der Waals surface area contributed by atoms with Gasteiger partial charge < -0.3 is 10.2 Å². The summed E-state index contributed by atoms with van der Waals surface area (Å²) in [7, 11) is 0. The number of unbranched alkanes of at least 4 members (excludes halogenated alkanes) is 2. The molecule has 4 atom stereocenters. The number of phenolic OH excluding ortho intramolecular Hbond substituents is 1. The van der Waals surface area contributed by atoms with Crippen molar-refractivity contribution in [3.8, 4) is 5.75 Å². The zero-order chi connectivity index (χ0) is 28.7. The van der Waals surface area contributed by atoms with Gasteiger partial charge in [0, 0.05) is 41.2 Å². The van der Waals surface area contributed by atoms with Crippen LogP contribution >= 0.6 is 0 Å². The van der Waals surface area contributed by atoms with E-state index in [-0.39, 0.29) is 48.5 Å². The molecule has 1 fully saturated rings. The summed E-state index contributed by atoms with van der Waals surface area (Å²) in [4.78, 5) is 66.0. The Morgan fingerprint density at radius 1 is 1.10 bits per heavy atom. The van der Waals surface area contributed by atoms with Crippen LogP contribution in [0.25, 0.3) is 0 Å². The van der Waals surface area contributed by atoms with Crippen LogP contribution in [0.1, 0.15) is 62.5 Å². The molecule has 4 aliphatic rings. The number of carboxylic acid groups (broad SMARTS) is 1. The topological polar surface area (TPSA) is 129 Å². The molecule has 40 heavy (non-hydrogen) atoms. The van der Waals surface area contributed by atoms with Crippen LogP contribution in [-0.2, 0) is 30.4 Å². The number of Topliss-reactive ketones (excluding diaryl/α,β-unsaturated/α-hetero) is 1. The SMILES string of the molecule is C=CCc1cccc(C2C3=CCC4C(=O)N(CCCCCC(=O)O)C(=O)C4C3CC3=C2C(=O)C(C)=CC3=O)c1O. The van der Waals surface area contributed by atoms with Crippen molar-refractivity contribution in [2.45, 2.75) is 57.8 Å². The number of aromatic hydroxyl groups is 1. The Balaban J connectivity index is 1.53. The molecular weight excluding hydrogens is 510 g/mol. The van der Waals surface area contributed by atoms with Crippen molar-refractivity contribution >= 4 is 29.4 Å². The van der Waals surface area contributed by atoms with E-state index in [0.717, 1.165) is 5.57 Å². The first-order valence-electron chi connectivity index (χ1n) is 13.8. The maximum atomic E-state index is 13.7. The molecule has 208 valence electrons. The van der Waals surface area contributed by atoms with Gasteiger partial charge in [-0.1, -0.05) is 42.3 Å². The molecule has 1 aliphatic heterocycles. The molecule has 0 radical (unpaired) electrons. The summed E-state index contributed by atoms with van der Waals surface area (Å²) in [5.41, 5.74) is 2.99. The number of likely N-dealkylation sites (tertiary alicyclic amines) is 1. The maximum absolute atomic E-state index is 13.7. The van der Waals surface area contributed by atoms with E-state index in [4.69, 9.17) is 5.11 Å². The molecule has 1 heterocycles. The molecule has 0 spiro atoms. The lowest BCUT2D eigenvalue weighted by molar-refractivity contribution is -0.141. The molecule has 1 aromatic rings. The van der Waals surface area contributed by atoms with Crippen LogP contribution in [0.2, 0.25) is 0 Å². The number of carbonyl (C=O) groups excluding carboxylic acids is 4. The maximum Gasteiger partial charge on any atom is 0.303 e. The van der Waals surface area contributed by atoms with Gasteiger partial charge in [0.2, 0.25) is 11.8 Å². The van der Waals surface area contributed by atoms with Crippen molar-refractivity contribution in [2.75, 3.05) is 6.54 Å². The van der Waals surface area contributed by atoms with Gasteiger partial charge in [0.05, 0.1) is 11.8 Å². The lowest BCUT2D eigenvalue weighted by Crippen LogP contribution is -2.40. The van der Waals surface area contributed by atoms with Crippen LogP contribution in [0, 0.1) is 17.8 Å². The van der Waals surface area contributed by atoms with Crippen molar-refractivity contribution in [2.24, 2.45) is 17.8 Å². The van der Waals surface area contributed by atoms with Crippen molar-refractivity contribution in [1.29, 1.82) is 0 Å². The summed E-state index contributed by atoms with van der Waals surface area (Å²) < 4.78 is 0. The fourth-order valence-corrected chi connectivity index (χ4v) is 6.89. The Labute approximate surface area is 232 Å². The number of amides is 2. The monoisotopic (exact) mass is 543 g/mol. The van der Waals surface area contributed by atoms with Gasteiger partial charge in [0.15, 0.2) is 11.6 Å². The molecule has 1 saturated heterocycles. The molecule has 5 rings (SSSR count). The number of aliphatic carboxylic acids is 1. The van der Waals surface area contributed by atoms with E-state index < -0.39 is 29.6 Å². The third kappa shape index (κ3) is 4.55. The van der Waals surface area contributed by atoms with Crippen LogP contribution < -0.4 is 0 Å². The van der Waals surface area contributed by atoms with E-state index in [1.165, 1.54) is 11.0 Å². The first-order valence-corrected chi connectivity index (χ1v) is 13.8. The zero-order valence-corrected chi connectivity index (χ0v) is 22.5. The summed E-state index contributed by atoms with van der Waals surface area (Å²) in [5.74, 6) is -4.23. The third-order valence-electron chi connectivity index (χ3n) is 8.75. The molecule has 8 heteroatoms. The van der Waals surface area contributed by atoms with Crippen molar-refractivity contribution in [1.82, 2.24) is 4.90 Å². The van der Waals surface area contributed by atoms with Gasteiger partial charge in [-0.3, -0.25) is 28.9 Å². The largest absolute Gasteiger partial charge is 0.507 e. The Morgan fingerprint density at radius 2 is 1.88 bits per heavy atom. The van der Waals surface area contributed by atoms with Crippen molar-refractivity contribution in [3.05, 3.63) is 76.4 Å². The minimum absolute atomic E-state index is 0.0344. The van der Waals surface area contributed by atoms with Gasteiger partial charge in [0.25, 0.3) is 0 Å². The average molecular weight is 544 g/mol. The number of benzene rings is 1. The van der Waals surface area contributed by atoms with Gasteiger partial charge in [-0.05, 0) is 56.6 Å². The lowest BCUT2D eigenvalue weighted by Gasteiger charge is -2.42. The second kappa shape index (κ2) is 10.8. The van der Waals surface area contributed by atoms with E-state index in [1.807, 2.05) is 6.08 Å². The van der Waals surface area contributed by atoms with E-state index >= 15 is 0 Å². The average Bonchev–Trinajstić information content (AvgIpc) is 3.16. The molecule has 0 bridgehead atoms. The summed E-state index contributed by atoms with van der Waals surface area (Å²) in [6.07, 6.45) is 7.53. The summed E-state index contributed by atoms with van der Waals surface area (Å²) in [5, 5.41) is 20.2. The minimum atomic E-state index is -0.875. The first-order chi connectivity index (χ1) is 19.1. The number of para-hydroxylation sites is 1.